The summed E-state index contributed by atoms with van der Waals surface area (Å²) in [5.41, 5.74) is -2.74. The number of aliphatic imine (C=N–C) groups is 1. The quantitative estimate of drug-likeness (QED) is 0.534. The van der Waals surface area contributed by atoms with Gasteiger partial charge in [-0.05, 0) is 38.0 Å². The number of imidazole rings is 1. The molecule has 0 aromatic carbocycles. The Hall–Kier alpha value is -1.77. The van der Waals surface area contributed by atoms with Gasteiger partial charge in [-0.3, -0.25) is 4.99 Å². The molecule has 0 bridgehead atoms. The molecule has 3 rings (SSSR count). The fraction of sp³-hybridized carbons (Fsp3) is 0.818. The number of aliphatic hydroxyl groups is 1. The van der Waals surface area contributed by atoms with Gasteiger partial charge in [-0.1, -0.05) is 25.7 Å². The van der Waals surface area contributed by atoms with E-state index in [1.54, 1.807) is 0 Å². The van der Waals surface area contributed by atoms with E-state index in [2.05, 4.69) is 20.2 Å². The Kier molecular flexibility index (Phi) is 7.55. The third-order valence-corrected chi connectivity index (χ3v) is 6.86. The average molecular weight is 444 g/mol. The van der Waals surface area contributed by atoms with Gasteiger partial charge >= 0.3 is 6.18 Å². The van der Waals surface area contributed by atoms with Crippen LogP contribution in [0.1, 0.15) is 70.5 Å². The molecule has 6 nitrogen and oxygen atoms in total. The van der Waals surface area contributed by atoms with Crippen molar-refractivity contribution in [2.45, 2.75) is 76.5 Å². The van der Waals surface area contributed by atoms with Crippen LogP contribution in [-0.4, -0.2) is 57.9 Å². The lowest BCUT2D eigenvalue weighted by Gasteiger charge is -2.44. The lowest BCUT2D eigenvalue weighted by Crippen LogP contribution is -2.51. The van der Waals surface area contributed by atoms with Crippen molar-refractivity contribution >= 4 is 5.96 Å². The molecule has 1 saturated heterocycles. The number of aryl methyl sites for hydroxylation is 1. The van der Waals surface area contributed by atoms with E-state index in [4.69, 9.17) is 0 Å². The zero-order valence-corrected chi connectivity index (χ0v) is 18.7. The van der Waals surface area contributed by atoms with Gasteiger partial charge in [0.25, 0.3) is 0 Å². The molecule has 176 valence electrons. The van der Waals surface area contributed by atoms with Crippen molar-refractivity contribution in [2.75, 3.05) is 26.2 Å². The molecule has 2 heterocycles. The van der Waals surface area contributed by atoms with Gasteiger partial charge in [0.15, 0.2) is 5.96 Å². The maximum absolute atomic E-state index is 13.8. The first-order valence-corrected chi connectivity index (χ1v) is 11.5. The standard InChI is InChI=1S/C22H36F3N5O/c1-3-26-19(30-15-8-11-20(17-30)9-6-4-5-7-10-20)28-13-12-21(31,22(23,24)25)18-27-14-16-29(18)2/h14,16,31H,3-13,15,17H2,1-2H3,(H,26,28). The highest BCUT2D eigenvalue weighted by atomic mass is 19.4. The van der Waals surface area contributed by atoms with E-state index in [9.17, 15) is 18.3 Å². The topological polar surface area (TPSA) is 65.7 Å². The van der Waals surface area contributed by atoms with Gasteiger partial charge < -0.3 is 19.9 Å². The summed E-state index contributed by atoms with van der Waals surface area (Å²) in [5.74, 6) is 0.241. The largest absolute Gasteiger partial charge is 0.424 e. The number of guanidine groups is 1. The minimum absolute atomic E-state index is 0.144. The summed E-state index contributed by atoms with van der Waals surface area (Å²) in [7, 11) is 1.45. The maximum Gasteiger partial charge on any atom is 0.424 e. The zero-order valence-electron chi connectivity index (χ0n) is 18.7. The highest BCUT2D eigenvalue weighted by molar-refractivity contribution is 5.80. The Morgan fingerprint density at radius 1 is 1.19 bits per heavy atom. The molecule has 1 unspecified atom stereocenters. The maximum atomic E-state index is 13.8. The smallest absolute Gasteiger partial charge is 0.374 e. The molecule has 1 spiro atoms. The molecule has 2 N–H and O–H groups in total. The number of nitrogens with one attached hydrogen (secondary N) is 1. The first-order valence-electron chi connectivity index (χ1n) is 11.5. The number of piperidine rings is 1. The predicted octanol–water partition coefficient (Wildman–Crippen LogP) is 3.96. The number of rotatable bonds is 5. The van der Waals surface area contributed by atoms with E-state index in [-0.39, 0.29) is 6.54 Å². The molecule has 2 fully saturated rings. The minimum Gasteiger partial charge on any atom is -0.374 e. The van der Waals surface area contributed by atoms with E-state index >= 15 is 0 Å². The van der Waals surface area contributed by atoms with Crippen molar-refractivity contribution in [3.05, 3.63) is 18.2 Å². The number of aromatic nitrogens is 2. The van der Waals surface area contributed by atoms with Crippen molar-refractivity contribution in [2.24, 2.45) is 17.5 Å². The number of alkyl halides is 3. The molecule has 31 heavy (non-hydrogen) atoms. The monoisotopic (exact) mass is 443 g/mol. The molecule has 1 aliphatic carbocycles. The number of hydrogen-bond acceptors (Lipinski definition) is 3. The SMILES string of the molecule is CCNC(=NCCC(O)(c1nccn1C)C(F)(F)F)N1CCCC2(CCCCCC2)C1. The summed E-state index contributed by atoms with van der Waals surface area (Å²) in [6.45, 7) is 4.22. The zero-order chi connectivity index (χ0) is 22.5. The summed E-state index contributed by atoms with van der Waals surface area (Å²) in [6.07, 6.45) is 7.07. The van der Waals surface area contributed by atoms with Gasteiger partial charge in [-0.2, -0.15) is 13.2 Å². The molecule has 2 aliphatic rings. The van der Waals surface area contributed by atoms with Crippen LogP contribution in [-0.2, 0) is 12.6 Å². The van der Waals surface area contributed by atoms with Crippen molar-refractivity contribution in [3.63, 3.8) is 0 Å². The highest BCUT2D eigenvalue weighted by Gasteiger charge is 2.57. The van der Waals surface area contributed by atoms with Crippen LogP contribution in [0.15, 0.2) is 17.4 Å². The summed E-state index contributed by atoms with van der Waals surface area (Å²) in [5, 5.41) is 13.8. The van der Waals surface area contributed by atoms with Crippen LogP contribution >= 0.6 is 0 Å². The molecule has 0 radical (unpaired) electrons. The second-order valence-electron chi connectivity index (χ2n) is 9.14. The number of nitrogens with zero attached hydrogens (tertiary/aromatic N) is 4. The summed E-state index contributed by atoms with van der Waals surface area (Å²) in [6, 6.07) is 0. The van der Waals surface area contributed by atoms with Gasteiger partial charge in [0.05, 0.1) is 0 Å². The molecule has 1 aliphatic heterocycles. The molecule has 1 aromatic rings. The van der Waals surface area contributed by atoms with E-state index < -0.39 is 24.0 Å². The Labute approximate surface area is 182 Å². The Morgan fingerprint density at radius 3 is 2.45 bits per heavy atom. The molecule has 9 heteroatoms. The van der Waals surface area contributed by atoms with Crippen LogP contribution in [0.3, 0.4) is 0 Å². The highest BCUT2D eigenvalue weighted by Crippen LogP contribution is 2.43. The second kappa shape index (κ2) is 9.79. The normalized spacial score (nSPS) is 22.3. The number of hydrogen-bond donors (Lipinski definition) is 2. The van der Waals surface area contributed by atoms with Crippen LogP contribution in [0.5, 0.6) is 0 Å². The Balaban J connectivity index is 1.75. The van der Waals surface area contributed by atoms with Crippen molar-refractivity contribution in [1.82, 2.24) is 19.8 Å². The van der Waals surface area contributed by atoms with E-state index in [1.807, 2.05) is 6.92 Å². The van der Waals surface area contributed by atoms with Gasteiger partial charge in [-0.15, -0.1) is 0 Å². The summed E-state index contributed by atoms with van der Waals surface area (Å²) in [4.78, 5) is 10.5. The van der Waals surface area contributed by atoms with Crippen molar-refractivity contribution < 1.29 is 18.3 Å². The summed E-state index contributed by atoms with van der Waals surface area (Å²) >= 11 is 0. The average Bonchev–Trinajstić information content (AvgIpc) is 3.03. The van der Waals surface area contributed by atoms with Crippen LogP contribution < -0.4 is 5.32 Å². The van der Waals surface area contributed by atoms with Crippen LogP contribution in [0.2, 0.25) is 0 Å². The molecule has 1 saturated carbocycles. The third kappa shape index (κ3) is 5.35. The summed E-state index contributed by atoms with van der Waals surface area (Å²) < 4.78 is 42.5. The molecular weight excluding hydrogens is 407 g/mol. The van der Waals surface area contributed by atoms with E-state index in [1.165, 1.54) is 69.0 Å². The number of likely N-dealkylation sites (tertiary alicyclic amines) is 1. The Morgan fingerprint density at radius 2 is 1.87 bits per heavy atom. The lowest BCUT2D eigenvalue weighted by molar-refractivity contribution is -0.272. The third-order valence-electron chi connectivity index (χ3n) is 6.86. The van der Waals surface area contributed by atoms with Crippen molar-refractivity contribution in [3.8, 4) is 0 Å². The molecule has 1 aromatic heterocycles. The fourth-order valence-electron chi connectivity index (χ4n) is 5.17. The minimum atomic E-state index is -4.84. The fourth-order valence-corrected chi connectivity index (χ4v) is 5.17. The molecule has 0 amide bonds. The van der Waals surface area contributed by atoms with Crippen molar-refractivity contribution in [1.29, 1.82) is 0 Å². The Bertz CT molecular complexity index is 740. The van der Waals surface area contributed by atoms with E-state index in [0.29, 0.717) is 17.9 Å². The first-order chi connectivity index (χ1) is 14.7. The van der Waals surface area contributed by atoms with Crippen LogP contribution in [0.25, 0.3) is 0 Å². The van der Waals surface area contributed by atoms with Crippen LogP contribution in [0.4, 0.5) is 13.2 Å². The van der Waals surface area contributed by atoms with E-state index in [0.717, 1.165) is 19.5 Å². The van der Waals surface area contributed by atoms with Gasteiger partial charge in [-0.25, -0.2) is 4.98 Å². The van der Waals surface area contributed by atoms with Gasteiger partial charge in [0.1, 0.15) is 5.82 Å². The lowest BCUT2D eigenvalue weighted by atomic mass is 9.74. The second-order valence-corrected chi connectivity index (χ2v) is 9.14. The van der Waals surface area contributed by atoms with Crippen LogP contribution in [0, 0.1) is 5.41 Å². The van der Waals surface area contributed by atoms with Gasteiger partial charge in [0.2, 0.25) is 5.60 Å². The number of halogens is 3. The van der Waals surface area contributed by atoms with Gasteiger partial charge in [0, 0.05) is 52.0 Å². The predicted molar refractivity (Wildman–Crippen MR) is 115 cm³/mol. The molecular formula is C22H36F3N5O. The molecule has 1 atom stereocenters. The first kappa shape index (κ1) is 23.9.